The lowest BCUT2D eigenvalue weighted by atomic mass is 9.29. The van der Waals surface area contributed by atoms with Crippen molar-refractivity contribution >= 4 is 143 Å². The van der Waals surface area contributed by atoms with Crippen LogP contribution in [-0.4, -0.2) is 13.4 Å². The van der Waals surface area contributed by atoms with Gasteiger partial charge in [0.2, 0.25) is 6.71 Å². The van der Waals surface area contributed by atoms with Gasteiger partial charge in [-0.05, 0) is 165 Å². The average Bonchev–Trinajstić information content (AvgIpc) is 0.670. The van der Waals surface area contributed by atoms with Gasteiger partial charge in [-0.25, -0.2) is 0 Å². The Kier molecular flexibility index (Phi) is 13.0. The first-order valence-electron chi connectivity index (χ1n) is 31.7. The predicted octanol–water partition coefficient (Wildman–Crippen LogP) is 18.8. The maximum absolute atomic E-state index is 2.66. The summed E-state index contributed by atoms with van der Waals surface area (Å²) in [6.07, 6.45) is 0. The van der Waals surface area contributed by atoms with Gasteiger partial charge < -0.3 is 24.5 Å². The summed E-state index contributed by atoms with van der Waals surface area (Å²) < 4.78 is 0. The number of rotatable bonds is 11. The Labute approximate surface area is 542 Å². The molecule has 0 amide bonds. The lowest BCUT2D eigenvalue weighted by Crippen LogP contribution is -2.66. The molecule has 5 nitrogen and oxygen atoms in total. The number of fused-ring (bicyclic) bond motifs is 8. The minimum absolute atomic E-state index is 0.204. The van der Waals surface area contributed by atoms with Crippen LogP contribution in [-0.2, 0) is 0 Å². The predicted molar refractivity (Wildman–Crippen MR) is 391 cm³/mol. The van der Waals surface area contributed by atoms with Crippen molar-refractivity contribution in [1.82, 2.24) is 0 Å². The first-order valence-corrected chi connectivity index (χ1v) is 32.5. The second kappa shape index (κ2) is 22.2. The second-order valence-corrected chi connectivity index (χ2v) is 25.0. The number of hydrogen-bond donors (Lipinski definition) is 0. The van der Waals surface area contributed by atoms with E-state index in [9.17, 15) is 0 Å². The van der Waals surface area contributed by atoms with Crippen LogP contribution in [0.5, 0.6) is 0 Å². The third-order valence-electron chi connectivity index (χ3n) is 18.8. The quantitative estimate of drug-likeness (QED) is 0.119. The minimum Gasteiger partial charge on any atom is -0.311 e. The average molecular weight is 1190 g/mol. The van der Waals surface area contributed by atoms with Gasteiger partial charge in [-0.15, -0.1) is 0 Å². The number of para-hydroxylation sites is 8. The van der Waals surface area contributed by atoms with E-state index in [0.29, 0.717) is 0 Å². The number of hydrogen-bond acceptors (Lipinski definition) is 6. The van der Waals surface area contributed by atoms with Gasteiger partial charge >= 0.3 is 0 Å². The molecule has 14 aromatic rings. The van der Waals surface area contributed by atoms with Gasteiger partial charge in [-0.3, -0.25) is 0 Å². The van der Waals surface area contributed by atoms with E-state index in [1.165, 1.54) is 53.7 Å². The fraction of sp³-hybridized carbons (Fsp3) is 0. The molecule has 14 aromatic carbocycles. The Hall–Kier alpha value is -11.4. The highest BCUT2D eigenvalue weighted by molar-refractivity contribution is 8.00. The number of benzene rings is 14. The van der Waals surface area contributed by atoms with Gasteiger partial charge in [0, 0.05) is 83.6 Å². The van der Waals surface area contributed by atoms with E-state index < -0.39 is 0 Å². The molecule has 0 unspecified atom stereocenters. The van der Waals surface area contributed by atoms with E-state index in [0.717, 1.165) is 96.4 Å². The van der Waals surface area contributed by atoms with Crippen LogP contribution in [0.2, 0.25) is 0 Å². The summed E-state index contributed by atoms with van der Waals surface area (Å²) in [6.45, 7) is -0.471. The third-order valence-corrected chi connectivity index (χ3v) is 19.9. The van der Waals surface area contributed by atoms with Crippen molar-refractivity contribution in [3.05, 3.63) is 346 Å². The zero-order chi connectivity index (χ0) is 60.6. The zero-order valence-electron chi connectivity index (χ0n) is 50.2. The van der Waals surface area contributed by atoms with Crippen LogP contribution in [0.4, 0.5) is 85.3 Å². The molecule has 0 bridgehead atoms. The third kappa shape index (κ3) is 8.59. The van der Waals surface area contributed by atoms with Crippen LogP contribution in [0, 0.1) is 0 Å². The van der Waals surface area contributed by atoms with Gasteiger partial charge in [0.15, 0.2) is 0 Å². The maximum atomic E-state index is 2.66. The lowest BCUT2D eigenvalue weighted by Gasteiger charge is -2.49. The van der Waals surface area contributed by atoms with Gasteiger partial charge in [-0.2, -0.15) is 0 Å². The summed E-state index contributed by atoms with van der Waals surface area (Å²) in [6, 6.07) is 128. The molecule has 4 aliphatic rings. The summed E-state index contributed by atoms with van der Waals surface area (Å²) in [4.78, 5) is 15.2. The Morgan fingerprint density at radius 1 is 0.239 bits per heavy atom. The monoisotopic (exact) mass is 1190 g/mol. The molecule has 0 fully saturated rings. The minimum atomic E-state index is -0.267. The Morgan fingerprint density at radius 3 is 1.04 bits per heavy atom. The van der Waals surface area contributed by atoms with Crippen molar-refractivity contribution in [1.29, 1.82) is 0 Å². The highest BCUT2D eigenvalue weighted by Crippen LogP contribution is 2.56. The molecule has 0 saturated heterocycles. The van der Waals surface area contributed by atoms with E-state index >= 15 is 0 Å². The molecule has 4 heterocycles. The summed E-state index contributed by atoms with van der Waals surface area (Å²) >= 11 is 1.90. The topological polar surface area (TPSA) is 16.2 Å². The maximum Gasteiger partial charge on any atom is 0.252 e. The molecule has 4 aliphatic heterocycles. The standard InChI is InChI=1S/C84H57B2N5S/c1-10-32-58(33-11-1)77-81-83(90(65-46-24-8-25-47-65)73-55-67(87(60-36-14-3-15-37-60)61-38-16-4-17-39-61)54-72-79(73)85(81)69-50-28-30-52-71(69)89(72)64-44-22-7-23-45-64)78(59-34-12-2-13-35-59)84-82(77)86-70-51-29-31-53-75(70)92-76-57-68(56-74(80(76)86)91(84)66-48-26-9-27-49-66)88(62-40-18-5-19-41-62)63-42-20-6-21-43-63/h1-57H. The molecular weight excluding hydrogens is 1130 g/mol. The van der Waals surface area contributed by atoms with Crippen LogP contribution >= 0.6 is 11.8 Å². The van der Waals surface area contributed by atoms with E-state index in [2.05, 4.69) is 370 Å². The van der Waals surface area contributed by atoms with Gasteiger partial charge in [0.1, 0.15) is 0 Å². The Bertz CT molecular complexity index is 5010. The van der Waals surface area contributed by atoms with E-state index in [-0.39, 0.29) is 13.4 Å². The fourth-order valence-corrected chi connectivity index (χ4v) is 16.4. The molecule has 430 valence electrons. The molecule has 0 radical (unpaired) electrons. The molecule has 0 spiro atoms. The van der Waals surface area contributed by atoms with Crippen molar-refractivity contribution in [2.24, 2.45) is 0 Å². The van der Waals surface area contributed by atoms with Crippen LogP contribution < -0.4 is 57.3 Å². The fourth-order valence-electron chi connectivity index (χ4n) is 15.2. The first-order chi connectivity index (χ1) is 45.7. The van der Waals surface area contributed by atoms with Crippen LogP contribution in [0.25, 0.3) is 22.3 Å². The van der Waals surface area contributed by atoms with Crippen molar-refractivity contribution in [3.8, 4) is 22.3 Å². The SMILES string of the molecule is c1ccc(-c2c3c(c(-c4ccccc4)c4c2B2c5ccccc5N(c5ccccc5)c5cc(N(c6ccccc6)c6ccccc6)cc(c52)N4c2ccccc2)N(c2ccccc2)c2cc(N(c4ccccc4)c4ccccc4)cc4c2B3c2ccccc2S4)cc1. The summed E-state index contributed by atoms with van der Waals surface area (Å²) in [5.41, 5.74) is 28.8. The second-order valence-electron chi connectivity index (χ2n) is 23.9. The molecule has 0 aromatic heterocycles. The van der Waals surface area contributed by atoms with Crippen molar-refractivity contribution in [2.45, 2.75) is 9.79 Å². The largest absolute Gasteiger partial charge is 0.311 e. The molecule has 0 aliphatic carbocycles. The summed E-state index contributed by atoms with van der Waals surface area (Å²) in [7, 11) is 0. The Morgan fingerprint density at radius 2 is 0.576 bits per heavy atom. The van der Waals surface area contributed by atoms with Crippen molar-refractivity contribution in [3.63, 3.8) is 0 Å². The van der Waals surface area contributed by atoms with Crippen molar-refractivity contribution in [2.75, 3.05) is 24.5 Å². The first kappa shape index (κ1) is 53.6. The number of anilines is 15. The van der Waals surface area contributed by atoms with Crippen molar-refractivity contribution < 1.29 is 0 Å². The lowest BCUT2D eigenvalue weighted by molar-refractivity contribution is 1.21. The van der Waals surface area contributed by atoms with Gasteiger partial charge in [0.25, 0.3) is 6.71 Å². The molecule has 18 rings (SSSR count). The molecule has 0 N–H and O–H groups in total. The van der Waals surface area contributed by atoms with Gasteiger partial charge in [0.05, 0.1) is 17.1 Å². The summed E-state index contributed by atoms with van der Waals surface area (Å²) in [5.74, 6) is 0. The zero-order valence-corrected chi connectivity index (χ0v) is 51.0. The van der Waals surface area contributed by atoms with E-state index in [4.69, 9.17) is 0 Å². The molecule has 0 atom stereocenters. The smallest absolute Gasteiger partial charge is 0.252 e. The van der Waals surface area contributed by atoms with Crippen LogP contribution in [0.15, 0.2) is 356 Å². The molecule has 8 heteroatoms. The highest BCUT2D eigenvalue weighted by atomic mass is 32.2. The van der Waals surface area contributed by atoms with Crippen LogP contribution in [0.1, 0.15) is 0 Å². The number of nitrogens with zero attached hydrogens (tertiary/aromatic N) is 5. The molecule has 0 saturated carbocycles. The highest BCUT2D eigenvalue weighted by Gasteiger charge is 2.52. The van der Waals surface area contributed by atoms with E-state index in [1.807, 2.05) is 11.8 Å². The Balaban J connectivity index is 1.05. The normalized spacial score (nSPS) is 12.8. The van der Waals surface area contributed by atoms with E-state index in [1.54, 1.807) is 0 Å². The van der Waals surface area contributed by atoms with Gasteiger partial charge in [-0.1, -0.05) is 242 Å². The summed E-state index contributed by atoms with van der Waals surface area (Å²) in [5, 5.41) is 0. The molecular formula is C84H57B2N5S. The molecule has 92 heavy (non-hydrogen) atoms. The van der Waals surface area contributed by atoms with Crippen LogP contribution in [0.3, 0.4) is 0 Å².